The summed E-state index contributed by atoms with van der Waals surface area (Å²) >= 11 is 9.59. The molecule has 0 aliphatic carbocycles. The molecule has 3 rings (SSSR count). The van der Waals surface area contributed by atoms with Crippen molar-refractivity contribution in [1.29, 1.82) is 0 Å². The van der Waals surface area contributed by atoms with Crippen molar-refractivity contribution in [1.82, 2.24) is 0 Å². The first-order valence-electron chi connectivity index (χ1n) is 7.56. The fraction of sp³-hybridized carbons (Fsp3) is 0.200. The highest BCUT2D eigenvalue weighted by atomic mass is 35.5. The highest BCUT2D eigenvalue weighted by molar-refractivity contribution is 8.01. The second-order valence-corrected chi connectivity index (χ2v) is 9.40. The minimum absolute atomic E-state index is 0.202. The Hall–Kier alpha value is -1.22. The Morgan fingerprint density at radius 3 is 2.09 bits per heavy atom. The topological polar surface area (TPSA) is 0 Å². The van der Waals surface area contributed by atoms with Gasteiger partial charge in [-0.15, -0.1) is 11.3 Å². The van der Waals surface area contributed by atoms with Crippen molar-refractivity contribution in [2.24, 2.45) is 0 Å². The van der Waals surface area contributed by atoms with Crippen LogP contribution in [0.1, 0.15) is 26.3 Å². The molecule has 0 saturated carbocycles. The minimum Gasteiger partial charge on any atom is -0.128 e. The van der Waals surface area contributed by atoms with Crippen molar-refractivity contribution in [3.63, 3.8) is 0 Å². The van der Waals surface area contributed by atoms with Crippen molar-refractivity contribution in [3.05, 3.63) is 71.2 Å². The SMILES string of the molecule is CC(C)(C)c1ccc(Sc2ccc(-c3ccc(Cl)cc3)s2)cc1. The standard InChI is InChI=1S/C20H19ClS2/c1-20(2,3)15-6-10-17(11-7-15)22-19-13-12-18(23-19)14-4-8-16(21)9-5-14/h4-13H,1-3H3. The van der Waals surface area contributed by atoms with Gasteiger partial charge in [-0.1, -0.05) is 68.4 Å². The van der Waals surface area contributed by atoms with Gasteiger partial charge in [0.1, 0.15) is 0 Å². The molecule has 3 heteroatoms. The number of rotatable bonds is 3. The quantitative estimate of drug-likeness (QED) is 0.466. The molecule has 0 aliphatic rings. The molecule has 0 nitrogen and oxygen atoms in total. The van der Waals surface area contributed by atoms with Gasteiger partial charge >= 0.3 is 0 Å². The van der Waals surface area contributed by atoms with Gasteiger partial charge in [0.05, 0.1) is 4.21 Å². The largest absolute Gasteiger partial charge is 0.128 e. The van der Waals surface area contributed by atoms with Crippen LogP contribution in [0.15, 0.2) is 69.8 Å². The fourth-order valence-corrected chi connectivity index (χ4v) is 4.52. The Morgan fingerprint density at radius 1 is 0.826 bits per heavy atom. The van der Waals surface area contributed by atoms with E-state index >= 15 is 0 Å². The van der Waals surface area contributed by atoms with E-state index in [1.807, 2.05) is 35.2 Å². The van der Waals surface area contributed by atoms with Crippen molar-refractivity contribution in [2.75, 3.05) is 0 Å². The monoisotopic (exact) mass is 358 g/mol. The van der Waals surface area contributed by atoms with E-state index in [1.54, 1.807) is 0 Å². The third-order valence-electron chi connectivity index (χ3n) is 3.65. The molecule has 1 heterocycles. The Morgan fingerprint density at radius 2 is 1.48 bits per heavy atom. The van der Waals surface area contributed by atoms with Gasteiger partial charge in [0, 0.05) is 14.8 Å². The maximum atomic E-state index is 5.96. The van der Waals surface area contributed by atoms with E-state index in [1.165, 1.54) is 25.1 Å². The van der Waals surface area contributed by atoms with Crippen molar-refractivity contribution >= 4 is 34.7 Å². The average Bonchev–Trinajstić information content (AvgIpc) is 2.96. The molecule has 0 fully saturated rings. The summed E-state index contributed by atoms with van der Waals surface area (Å²) in [4.78, 5) is 2.55. The van der Waals surface area contributed by atoms with Gasteiger partial charge in [-0.2, -0.15) is 0 Å². The zero-order chi connectivity index (χ0) is 16.4. The lowest BCUT2D eigenvalue weighted by molar-refractivity contribution is 0.590. The van der Waals surface area contributed by atoms with Crippen LogP contribution in [0.3, 0.4) is 0 Å². The smallest absolute Gasteiger partial charge is 0.0652 e. The predicted molar refractivity (Wildman–Crippen MR) is 104 cm³/mol. The van der Waals surface area contributed by atoms with Crippen molar-refractivity contribution in [3.8, 4) is 10.4 Å². The van der Waals surface area contributed by atoms with E-state index < -0.39 is 0 Å². The van der Waals surface area contributed by atoms with E-state index in [0.717, 1.165) is 5.02 Å². The van der Waals surface area contributed by atoms with Gasteiger partial charge in [-0.25, -0.2) is 0 Å². The minimum atomic E-state index is 0.202. The molecule has 0 aliphatic heterocycles. The summed E-state index contributed by atoms with van der Waals surface area (Å²) in [6.07, 6.45) is 0. The number of hydrogen-bond acceptors (Lipinski definition) is 2. The highest BCUT2D eigenvalue weighted by Crippen LogP contribution is 2.38. The van der Waals surface area contributed by atoms with Gasteiger partial charge in [0.2, 0.25) is 0 Å². The van der Waals surface area contributed by atoms with Crippen LogP contribution in [0, 0.1) is 0 Å². The molecule has 0 saturated heterocycles. The molecule has 23 heavy (non-hydrogen) atoms. The summed E-state index contributed by atoms with van der Waals surface area (Å²) < 4.78 is 1.30. The molecule has 0 unspecified atom stereocenters. The third kappa shape index (κ3) is 4.20. The van der Waals surface area contributed by atoms with E-state index in [4.69, 9.17) is 11.6 Å². The second kappa shape index (κ2) is 6.72. The van der Waals surface area contributed by atoms with E-state index in [2.05, 4.69) is 69.3 Å². The first-order chi connectivity index (χ1) is 10.9. The van der Waals surface area contributed by atoms with Crippen LogP contribution in [-0.4, -0.2) is 0 Å². The van der Waals surface area contributed by atoms with E-state index in [9.17, 15) is 0 Å². The molecular weight excluding hydrogens is 340 g/mol. The zero-order valence-corrected chi connectivity index (χ0v) is 15.9. The van der Waals surface area contributed by atoms with Crippen LogP contribution in [0.5, 0.6) is 0 Å². The molecule has 0 spiro atoms. The molecule has 0 amide bonds. The van der Waals surface area contributed by atoms with Crippen LogP contribution < -0.4 is 0 Å². The first-order valence-corrected chi connectivity index (χ1v) is 9.57. The maximum absolute atomic E-state index is 5.96. The van der Waals surface area contributed by atoms with E-state index in [-0.39, 0.29) is 5.41 Å². The maximum Gasteiger partial charge on any atom is 0.0652 e. The molecule has 0 bridgehead atoms. The molecular formula is C20H19ClS2. The van der Waals surface area contributed by atoms with Crippen LogP contribution in [0.25, 0.3) is 10.4 Å². The van der Waals surface area contributed by atoms with Gasteiger partial charge in [-0.05, 0) is 52.9 Å². The van der Waals surface area contributed by atoms with Crippen LogP contribution in [-0.2, 0) is 5.41 Å². The second-order valence-electron chi connectivity index (χ2n) is 6.50. The number of thiophene rings is 1. The summed E-state index contributed by atoms with van der Waals surface area (Å²) in [6, 6.07) is 21.3. The average molecular weight is 359 g/mol. The Kier molecular flexibility index (Phi) is 4.86. The number of benzene rings is 2. The van der Waals surface area contributed by atoms with Gasteiger partial charge in [0.25, 0.3) is 0 Å². The molecule has 1 aromatic heterocycles. The molecule has 3 aromatic rings. The molecule has 118 valence electrons. The Balaban J connectivity index is 1.75. The van der Waals surface area contributed by atoms with Crippen molar-refractivity contribution in [2.45, 2.75) is 35.3 Å². The first kappa shape index (κ1) is 16.6. The van der Waals surface area contributed by atoms with Crippen LogP contribution in [0.2, 0.25) is 5.02 Å². The Labute approximate surface area is 151 Å². The predicted octanol–water partition coefficient (Wildman–Crippen LogP) is 7.52. The van der Waals surface area contributed by atoms with Crippen LogP contribution in [0.4, 0.5) is 0 Å². The zero-order valence-electron chi connectivity index (χ0n) is 13.5. The van der Waals surface area contributed by atoms with Gasteiger partial charge < -0.3 is 0 Å². The summed E-state index contributed by atoms with van der Waals surface area (Å²) in [5.41, 5.74) is 2.79. The lowest BCUT2D eigenvalue weighted by Crippen LogP contribution is -2.10. The van der Waals surface area contributed by atoms with Crippen molar-refractivity contribution < 1.29 is 0 Å². The lowest BCUT2D eigenvalue weighted by Gasteiger charge is -2.18. The molecule has 0 atom stereocenters. The molecule has 0 N–H and O–H groups in total. The summed E-state index contributed by atoms with van der Waals surface area (Å²) in [7, 11) is 0. The number of halogens is 1. The van der Waals surface area contributed by atoms with Crippen LogP contribution >= 0.6 is 34.7 Å². The Bertz CT molecular complexity index is 778. The van der Waals surface area contributed by atoms with Gasteiger partial charge in [-0.3, -0.25) is 0 Å². The summed E-state index contributed by atoms with van der Waals surface area (Å²) in [5.74, 6) is 0. The fourth-order valence-electron chi connectivity index (χ4n) is 2.28. The molecule has 2 aromatic carbocycles. The normalized spacial score (nSPS) is 11.7. The summed E-state index contributed by atoms with van der Waals surface area (Å²) in [6.45, 7) is 6.73. The van der Waals surface area contributed by atoms with E-state index in [0.29, 0.717) is 0 Å². The van der Waals surface area contributed by atoms with Gasteiger partial charge in [0.15, 0.2) is 0 Å². The summed E-state index contributed by atoms with van der Waals surface area (Å²) in [5, 5.41) is 0.777. The highest BCUT2D eigenvalue weighted by Gasteiger charge is 2.13. The lowest BCUT2D eigenvalue weighted by atomic mass is 9.87. The molecule has 0 radical (unpaired) electrons. The number of hydrogen-bond donors (Lipinski definition) is 0. The third-order valence-corrected chi connectivity index (χ3v) is 6.17.